The first-order valence-corrected chi connectivity index (χ1v) is 6.11. The maximum absolute atomic E-state index is 4.65. The molecule has 0 N–H and O–H groups in total. The summed E-state index contributed by atoms with van der Waals surface area (Å²) in [7, 11) is 2.01. The van der Waals surface area contributed by atoms with Gasteiger partial charge in [-0.1, -0.05) is 43.7 Å². The van der Waals surface area contributed by atoms with Crippen LogP contribution in [0.3, 0.4) is 0 Å². The fourth-order valence-electron chi connectivity index (χ4n) is 2.24. The van der Waals surface area contributed by atoms with Crippen molar-refractivity contribution in [2.45, 2.75) is 33.6 Å². The zero-order valence-corrected chi connectivity index (χ0v) is 11.3. The topological polar surface area (TPSA) is 17.8 Å². The van der Waals surface area contributed by atoms with Gasteiger partial charge < -0.3 is 0 Å². The van der Waals surface area contributed by atoms with E-state index in [1.165, 1.54) is 22.4 Å². The lowest BCUT2D eigenvalue weighted by molar-refractivity contribution is 0.735. The van der Waals surface area contributed by atoms with Crippen LogP contribution in [0.2, 0.25) is 0 Å². The summed E-state index contributed by atoms with van der Waals surface area (Å²) in [6.45, 7) is 8.69. The molecule has 0 radical (unpaired) electrons. The minimum Gasteiger partial charge on any atom is -0.272 e. The van der Waals surface area contributed by atoms with Crippen molar-refractivity contribution >= 4 is 0 Å². The van der Waals surface area contributed by atoms with E-state index in [0.29, 0.717) is 5.92 Å². The van der Waals surface area contributed by atoms with Gasteiger partial charge in [0.15, 0.2) is 0 Å². The quantitative estimate of drug-likeness (QED) is 0.764. The summed E-state index contributed by atoms with van der Waals surface area (Å²) in [4.78, 5) is 0. The molecule has 0 aliphatic rings. The largest absolute Gasteiger partial charge is 0.272 e. The molecule has 1 aromatic heterocycles. The first kappa shape index (κ1) is 11.9. The van der Waals surface area contributed by atoms with Crippen LogP contribution in [0.5, 0.6) is 0 Å². The molecule has 1 heterocycles. The molecule has 0 amide bonds. The van der Waals surface area contributed by atoms with Crippen LogP contribution in [0.15, 0.2) is 24.3 Å². The second kappa shape index (κ2) is 4.36. The van der Waals surface area contributed by atoms with Crippen molar-refractivity contribution < 1.29 is 0 Å². The molecule has 2 rings (SSSR count). The normalized spacial score (nSPS) is 11.2. The summed E-state index contributed by atoms with van der Waals surface area (Å²) < 4.78 is 1.98. The van der Waals surface area contributed by atoms with Gasteiger partial charge in [0.05, 0.1) is 5.69 Å². The minimum atomic E-state index is 0.500. The van der Waals surface area contributed by atoms with Crippen LogP contribution in [0.25, 0.3) is 11.3 Å². The molecule has 0 fully saturated rings. The van der Waals surface area contributed by atoms with Gasteiger partial charge in [0.1, 0.15) is 0 Å². The summed E-state index contributed by atoms with van der Waals surface area (Å²) in [6, 6.07) is 8.60. The Hall–Kier alpha value is -1.57. The van der Waals surface area contributed by atoms with Crippen molar-refractivity contribution in [3.05, 3.63) is 41.1 Å². The zero-order chi connectivity index (χ0) is 12.6. The lowest BCUT2D eigenvalue weighted by Gasteiger charge is -2.07. The van der Waals surface area contributed by atoms with E-state index >= 15 is 0 Å². The third-order valence-corrected chi connectivity index (χ3v) is 3.28. The molecule has 0 spiro atoms. The molecular weight excluding hydrogens is 208 g/mol. The van der Waals surface area contributed by atoms with Crippen LogP contribution in [0, 0.1) is 13.8 Å². The van der Waals surface area contributed by atoms with Crippen LogP contribution < -0.4 is 0 Å². The zero-order valence-electron chi connectivity index (χ0n) is 11.3. The minimum absolute atomic E-state index is 0.500. The highest BCUT2D eigenvalue weighted by Gasteiger charge is 2.16. The molecule has 0 saturated carbocycles. The second-order valence-corrected chi connectivity index (χ2v) is 4.99. The van der Waals surface area contributed by atoms with E-state index in [2.05, 4.69) is 57.1 Å². The summed E-state index contributed by atoms with van der Waals surface area (Å²) >= 11 is 0. The van der Waals surface area contributed by atoms with E-state index in [0.717, 1.165) is 5.69 Å². The highest BCUT2D eigenvalue weighted by atomic mass is 15.3. The standard InChI is InChI=1S/C15H20N2/c1-10(2)14-12(4)17(5)16-15(14)13-8-6-11(3)7-9-13/h6-10H,1-5H3. The van der Waals surface area contributed by atoms with Gasteiger partial charge in [0, 0.05) is 23.9 Å². The van der Waals surface area contributed by atoms with Gasteiger partial charge in [-0.05, 0) is 19.8 Å². The maximum atomic E-state index is 4.65. The van der Waals surface area contributed by atoms with Gasteiger partial charge in [0.25, 0.3) is 0 Å². The summed E-state index contributed by atoms with van der Waals surface area (Å²) in [5, 5.41) is 4.65. The molecule has 0 unspecified atom stereocenters. The van der Waals surface area contributed by atoms with Crippen molar-refractivity contribution in [2.75, 3.05) is 0 Å². The SMILES string of the molecule is Cc1ccc(-c2nn(C)c(C)c2C(C)C)cc1. The molecule has 17 heavy (non-hydrogen) atoms. The Morgan fingerprint density at radius 3 is 2.18 bits per heavy atom. The van der Waals surface area contributed by atoms with E-state index in [4.69, 9.17) is 0 Å². The van der Waals surface area contributed by atoms with E-state index in [1.54, 1.807) is 0 Å². The highest BCUT2D eigenvalue weighted by Crippen LogP contribution is 2.30. The average Bonchev–Trinajstić information content (AvgIpc) is 2.56. The Bertz CT molecular complexity index is 519. The lowest BCUT2D eigenvalue weighted by atomic mass is 9.96. The van der Waals surface area contributed by atoms with Gasteiger partial charge in [-0.2, -0.15) is 5.10 Å². The second-order valence-electron chi connectivity index (χ2n) is 4.99. The number of benzene rings is 1. The van der Waals surface area contributed by atoms with Crippen molar-refractivity contribution in [3.8, 4) is 11.3 Å². The molecule has 2 aromatic rings. The molecule has 0 aliphatic heterocycles. The molecular formula is C15H20N2. The third-order valence-electron chi connectivity index (χ3n) is 3.28. The Balaban J connectivity index is 2.59. The molecule has 0 bridgehead atoms. The van der Waals surface area contributed by atoms with Gasteiger partial charge in [0.2, 0.25) is 0 Å². The molecule has 0 saturated heterocycles. The summed E-state index contributed by atoms with van der Waals surface area (Å²) in [5.74, 6) is 0.500. The monoisotopic (exact) mass is 228 g/mol. The van der Waals surface area contributed by atoms with Gasteiger partial charge in [-0.15, -0.1) is 0 Å². The predicted molar refractivity (Wildman–Crippen MR) is 72.2 cm³/mol. The Morgan fingerprint density at radius 2 is 1.65 bits per heavy atom. The highest BCUT2D eigenvalue weighted by molar-refractivity contribution is 5.65. The summed E-state index contributed by atoms with van der Waals surface area (Å²) in [5.41, 5.74) is 6.24. The van der Waals surface area contributed by atoms with Crippen molar-refractivity contribution in [2.24, 2.45) is 7.05 Å². The Morgan fingerprint density at radius 1 is 1.06 bits per heavy atom. The number of aryl methyl sites for hydroxylation is 2. The fourth-order valence-corrected chi connectivity index (χ4v) is 2.24. The van der Waals surface area contributed by atoms with E-state index in [1.807, 2.05) is 11.7 Å². The fraction of sp³-hybridized carbons (Fsp3) is 0.400. The molecule has 2 heteroatoms. The first-order valence-electron chi connectivity index (χ1n) is 6.11. The van der Waals surface area contributed by atoms with E-state index in [-0.39, 0.29) is 0 Å². The number of aromatic nitrogens is 2. The molecule has 0 atom stereocenters. The average molecular weight is 228 g/mol. The number of nitrogens with zero attached hydrogens (tertiary/aromatic N) is 2. The van der Waals surface area contributed by atoms with Crippen LogP contribution in [0.1, 0.15) is 36.6 Å². The Labute approximate surface area is 103 Å². The molecule has 0 aliphatic carbocycles. The van der Waals surface area contributed by atoms with Crippen LogP contribution in [0.4, 0.5) is 0 Å². The van der Waals surface area contributed by atoms with Crippen molar-refractivity contribution in [1.82, 2.24) is 9.78 Å². The number of rotatable bonds is 2. The summed E-state index contributed by atoms with van der Waals surface area (Å²) in [6.07, 6.45) is 0. The van der Waals surface area contributed by atoms with Crippen molar-refractivity contribution in [1.29, 1.82) is 0 Å². The molecule has 90 valence electrons. The van der Waals surface area contributed by atoms with Gasteiger partial charge >= 0.3 is 0 Å². The maximum Gasteiger partial charge on any atom is 0.0960 e. The Kier molecular flexibility index (Phi) is 3.05. The van der Waals surface area contributed by atoms with Crippen LogP contribution in [-0.4, -0.2) is 9.78 Å². The van der Waals surface area contributed by atoms with Crippen LogP contribution in [-0.2, 0) is 7.05 Å². The number of hydrogen-bond donors (Lipinski definition) is 0. The lowest BCUT2D eigenvalue weighted by Crippen LogP contribution is -1.95. The van der Waals surface area contributed by atoms with Crippen LogP contribution >= 0.6 is 0 Å². The van der Waals surface area contributed by atoms with Gasteiger partial charge in [-0.3, -0.25) is 4.68 Å². The van der Waals surface area contributed by atoms with Gasteiger partial charge in [-0.25, -0.2) is 0 Å². The van der Waals surface area contributed by atoms with E-state index < -0.39 is 0 Å². The first-order chi connectivity index (χ1) is 8.00. The third kappa shape index (κ3) is 2.12. The molecule has 2 nitrogen and oxygen atoms in total. The number of hydrogen-bond acceptors (Lipinski definition) is 1. The predicted octanol–water partition coefficient (Wildman–Crippen LogP) is 3.83. The van der Waals surface area contributed by atoms with Crippen molar-refractivity contribution in [3.63, 3.8) is 0 Å². The molecule has 1 aromatic carbocycles. The van der Waals surface area contributed by atoms with E-state index in [9.17, 15) is 0 Å². The smallest absolute Gasteiger partial charge is 0.0960 e.